The number of methoxy groups -OCH3 is 2. The van der Waals surface area contributed by atoms with Gasteiger partial charge in [0, 0.05) is 23.5 Å². The molecule has 47 heavy (non-hydrogen) atoms. The van der Waals surface area contributed by atoms with Crippen LogP contribution in [0.4, 0.5) is 5.69 Å². The molecular formula is C36H40ClN3O6S. The largest absolute Gasteiger partial charge is 0.497 e. The zero-order chi connectivity index (χ0) is 34.2. The first-order valence-corrected chi connectivity index (χ1v) is 16.8. The summed E-state index contributed by atoms with van der Waals surface area (Å²) in [6.07, 6.45) is 0.199. The number of benzene rings is 4. The van der Waals surface area contributed by atoms with Gasteiger partial charge in [-0.15, -0.1) is 0 Å². The maximum absolute atomic E-state index is 14.6. The van der Waals surface area contributed by atoms with Gasteiger partial charge in [-0.3, -0.25) is 13.9 Å². The number of ether oxygens (including phenoxy) is 2. The van der Waals surface area contributed by atoms with E-state index < -0.39 is 34.1 Å². The van der Waals surface area contributed by atoms with Gasteiger partial charge < -0.3 is 19.7 Å². The molecule has 0 aliphatic heterocycles. The maximum Gasteiger partial charge on any atom is 0.264 e. The average molecular weight is 678 g/mol. The number of nitrogens with one attached hydrogen (secondary N) is 1. The summed E-state index contributed by atoms with van der Waals surface area (Å²) in [4.78, 5) is 30.0. The lowest BCUT2D eigenvalue weighted by molar-refractivity contribution is -0.140. The number of amides is 2. The van der Waals surface area contributed by atoms with E-state index in [4.69, 9.17) is 21.1 Å². The van der Waals surface area contributed by atoms with Crippen LogP contribution in [-0.4, -0.2) is 57.5 Å². The van der Waals surface area contributed by atoms with Gasteiger partial charge in [0.25, 0.3) is 10.0 Å². The highest BCUT2D eigenvalue weighted by Gasteiger charge is 2.35. The smallest absolute Gasteiger partial charge is 0.264 e. The van der Waals surface area contributed by atoms with E-state index in [1.165, 1.54) is 48.4 Å². The molecule has 0 saturated carbocycles. The van der Waals surface area contributed by atoms with Gasteiger partial charge in [-0.25, -0.2) is 8.42 Å². The Morgan fingerprint density at radius 2 is 1.43 bits per heavy atom. The molecule has 4 rings (SSSR count). The summed E-state index contributed by atoms with van der Waals surface area (Å²) in [5, 5.41) is 3.43. The Labute approximate surface area is 282 Å². The first kappa shape index (κ1) is 35.3. The van der Waals surface area contributed by atoms with Crippen molar-refractivity contribution in [3.8, 4) is 11.5 Å². The Hall–Kier alpha value is -4.54. The van der Waals surface area contributed by atoms with Crippen LogP contribution in [0.15, 0.2) is 108 Å². The summed E-state index contributed by atoms with van der Waals surface area (Å²) in [5.41, 5.74) is 1.18. The molecule has 0 radical (unpaired) electrons. The van der Waals surface area contributed by atoms with Gasteiger partial charge in [0.15, 0.2) is 0 Å². The van der Waals surface area contributed by atoms with Crippen molar-refractivity contribution < 1.29 is 27.5 Å². The summed E-state index contributed by atoms with van der Waals surface area (Å²) in [5.74, 6) is 0.119. The third kappa shape index (κ3) is 9.49. The molecule has 1 unspecified atom stereocenters. The number of nitrogens with zero attached hydrogens (tertiary/aromatic N) is 2. The average Bonchev–Trinajstić information content (AvgIpc) is 3.05. The van der Waals surface area contributed by atoms with Crippen LogP contribution in [0.25, 0.3) is 0 Å². The van der Waals surface area contributed by atoms with Crippen molar-refractivity contribution in [3.05, 3.63) is 119 Å². The van der Waals surface area contributed by atoms with Gasteiger partial charge in [-0.05, 0) is 92.6 Å². The topological polar surface area (TPSA) is 105 Å². The van der Waals surface area contributed by atoms with Gasteiger partial charge in [0.2, 0.25) is 11.8 Å². The van der Waals surface area contributed by atoms with E-state index in [9.17, 15) is 18.0 Å². The van der Waals surface area contributed by atoms with Crippen LogP contribution in [0.3, 0.4) is 0 Å². The predicted octanol–water partition coefficient (Wildman–Crippen LogP) is 6.11. The molecule has 0 bridgehead atoms. The number of carbonyl (C=O) groups excluding carboxylic acids is 2. The molecule has 9 nitrogen and oxygen atoms in total. The Balaban J connectivity index is 1.82. The van der Waals surface area contributed by atoms with Gasteiger partial charge in [-0.2, -0.15) is 0 Å². The number of sulfonamides is 1. The lowest BCUT2D eigenvalue weighted by atomic mass is 10.0. The molecule has 4 aromatic carbocycles. The Morgan fingerprint density at radius 1 is 0.809 bits per heavy atom. The molecule has 0 aliphatic carbocycles. The number of anilines is 1. The van der Waals surface area contributed by atoms with Gasteiger partial charge >= 0.3 is 0 Å². The minimum Gasteiger partial charge on any atom is -0.497 e. The minimum absolute atomic E-state index is 0.0160. The molecule has 248 valence electrons. The van der Waals surface area contributed by atoms with Crippen LogP contribution in [-0.2, 0) is 32.6 Å². The normalized spacial score (nSPS) is 12.1. The third-order valence-corrected chi connectivity index (χ3v) is 9.34. The number of rotatable bonds is 13. The van der Waals surface area contributed by atoms with Crippen molar-refractivity contribution in [1.82, 2.24) is 10.2 Å². The first-order valence-electron chi connectivity index (χ1n) is 15.0. The molecule has 11 heteroatoms. The van der Waals surface area contributed by atoms with Crippen molar-refractivity contribution in [2.24, 2.45) is 0 Å². The zero-order valence-electron chi connectivity index (χ0n) is 27.1. The highest BCUT2D eigenvalue weighted by atomic mass is 35.5. The lowest BCUT2D eigenvalue weighted by Crippen LogP contribution is -2.56. The van der Waals surface area contributed by atoms with E-state index in [1.54, 1.807) is 37.4 Å². The fraction of sp³-hybridized carbons (Fsp3) is 0.278. The molecule has 1 atom stereocenters. The SMILES string of the molecule is COc1ccc(S(=O)(=O)N(CC(=O)N(Cc2cccc(OC)c2)C(Cc2ccccc2)C(=O)NC(C)(C)C)c2ccc(Cl)cc2)cc1. The van der Waals surface area contributed by atoms with Gasteiger partial charge in [0.05, 0.1) is 24.8 Å². The number of carbonyl (C=O) groups is 2. The molecule has 1 N–H and O–H groups in total. The Kier molecular flexibility index (Phi) is 11.5. The standard InChI is InChI=1S/C36H40ClN3O6S/c1-36(2,3)38-35(42)33(23-26-10-7-6-8-11-26)39(24-27-12-9-13-31(22-27)46-5)34(41)25-40(29-16-14-28(37)15-17-29)47(43,44)32-20-18-30(45-4)19-21-32/h6-22,33H,23-25H2,1-5H3,(H,38,42). The van der Waals surface area contributed by atoms with Gasteiger partial charge in [-0.1, -0.05) is 54.1 Å². The van der Waals surface area contributed by atoms with E-state index in [1.807, 2.05) is 57.2 Å². The maximum atomic E-state index is 14.6. The fourth-order valence-corrected chi connectivity index (χ4v) is 6.53. The number of hydrogen-bond donors (Lipinski definition) is 1. The van der Waals surface area contributed by atoms with Crippen LogP contribution in [0, 0.1) is 0 Å². The zero-order valence-corrected chi connectivity index (χ0v) is 28.7. The van der Waals surface area contributed by atoms with Crippen LogP contribution >= 0.6 is 11.6 Å². The van der Waals surface area contributed by atoms with E-state index in [0.29, 0.717) is 22.1 Å². The van der Waals surface area contributed by atoms with Crippen molar-refractivity contribution >= 4 is 39.1 Å². The molecule has 0 aliphatic rings. The summed E-state index contributed by atoms with van der Waals surface area (Å²) in [6, 6.07) is 27.7. The molecule has 4 aromatic rings. The monoisotopic (exact) mass is 677 g/mol. The molecule has 0 fully saturated rings. The molecule has 0 spiro atoms. The van der Waals surface area contributed by atoms with E-state index >= 15 is 0 Å². The fourth-order valence-electron chi connectivity index (χ4n) is 4.99. The van der Waals surface area contributed by atoms with Gasteiger partial charge in [0.1, 0.15) is 24.1 Å². The van der Waals surface area contributed by atoms with Crippen LogP contribution in [0.5, 0.6) is 11.5 Å². The molecular weight excluding hydrogens is 638 g/mol. The summed E-state index contributed by atoms with van der Waals surface area (Å²) >= 11 is 6.15. The Bertz CT molecular complexity index is 1760. The quantitative estimate of drug-likeness (QED) is 0.183. The molecule has 0 aromatic heterocycles. The second-order valence-electron chi connectivity index (χ2n) is 12.0. The van der Waals surface area contributed by atoms with Crippen LogP contribution in [0.2, 0.25) is 5.02 Å². The van der Waals surface area contributed by atoms with E-state index in [-0.39, 0.29) is 29.5 Å². The number of halogens is 1. The third-order valence-electron chi connectivity index (χ3n) is 7.30. The first-order chi connectivity index (χ1) is 22.3. The van der Waals surface area contributed by atoms with E-state index in [0.717, 1.165) is 9.87 Å². The second kappa shape index (κ2) is 15.4. The minimum atomic E-state index is -4.27. The van der Waals surface area contributed by atoms with Crippen LogP contribution < -0.4 is 19.1 Å². The summed E-state index contributed by atoms with van der Waals surface area (Å²) in [6.45, 7) is 5.02. The Morgan fingerprint density at radius 3 is 2.02 bits per heavy atom. The molecule has 2 amide bonds. The molecule has 0 saturated heterocycles. The predicted molar refractivity (Wildman–Crippen MR) is 184 cm³/mol. The highest BCUT2D eigenvalue weighted by Crippen LogP contribution is 2.28. The lowest BCUT2D eigenvalue weighted by Gasteiger charge is -2.35. The van der Waals surface area contributed by atoms with Crippen molar-refractivity contribution in [2.75, 3.05) is 25.1 Å². The highest BCUT2D eigenvalue weighted by molar-refractivity contribution is 7.92. The van der Waals surface area contributed by atoms with Crippen LogP contribution in [0.1, 0.15) is 31.9 Å². The number of hydrogen-bond acceptors (Lipinski definition) is 6. The molecule has 0 heterocycles. The van der Waals surface area contributed by atoms with Crippen molar-refractivity contribution in [1.29, 1.82) is 0 Å². The second-order valence-corrected chi connectivity index (χ2v) is 14.3. The van der Waals surface area contributed by atoms with Crippen molar-refractivity contribution in [3.63, 3.8) is 0 Å². The summed E-state index contributed by atoms with van der Waals surface area (Å²) < 4.78 is 40.0. The van der Waals surface area contributed by atoms with E-state index in [2.05, 4.69) is 5.32 Å². The van der Waals surface area contributed by atoms with Crippen molar-refractivity contribution in [2.45, 2.75) is 50.2 Å². The summed E-state index contributed by atoms with van der Waals surface area (Å²) in [7, 11) is -1.24.